The van der Waals surface area contributed by atoms with Crippen LogP contribution in [0.4, 0.5) is 9.80 Å². The lowest BCUT2D eigenvalue weighted by atomic mass is 9.94. The molecule has 1 atom stereocenters. The Morgan fingerprint density at radius 1 is 1.39 bits per heavy atom. The maximum atomic E-state index is 12.2. The number of hydrogen-bond acceptors (Lipinski definition) is 6. The van der Waals surface area contributed by atoms with Crippen molar-refractivity contribution >= 4 is 45.8 Å². The predicted molar refractivity (Wildman–Crippen MR) is 110 cm³/mol. The summed E-state index contributed by atoms with van der Waals surface area (Å²) in [7, 11) is 0. The first kappa shape index (κ1) is 18.7. The van der Waals surface area contributed by atoms with Crippen LogP contribution >= 0.6 is 22.7 Å². The van der Waals surface area contributed by atoms with E-state index in [2.05, 4.69) is 11.4 Å². The average molecular weight is 414 g/mol. The van der Waals surface area contributed by atoms with Crippen LogP contribution in [0.3, 0.4) is 0 Å². The molecule has 0 saturated carbocycles. The molecule has 2 aromatic rings. The van der Waals surface area contributed by atoms with Crippen LogP contribution in [0, 0.1) is 11.3 Å². The molecule has 1 saturated heterocycles. The molecule has 1 fully saturated rings. The first-order valence-corrected chi connectivity index (χ1v) is 10.9. The largest absolute Gasteiger partial charge is 0.446 e. The van der Waals surface area contributed by atoms with Gasteiger partial charge in [0.05, 0.1) is 5.56 Å². The van der Waals surface area contributed by atoms with Crippen molar-refractivity contribution in [3.8, 4) is 6.07 Å². The number of nitrogens with one attached hydrogen (secondary N) is 1. The van der Waals surface area contributed by atoms with Gasteiger partial charge in [-0.3, -0.25) is 4.79 Å². The number of carbonyl (C=O) groups excluding carboxylic acids is 2. The smallest absolute Gasteiger partial charge is 0.410 e. The van der Waals surface area contributed by atoms with E-state index in [-0.39, 0.29) is 18.1 Å². The maximum absolute atomic E-state index is 12.2. The number of fused-ring (bicyclic) bond motifs is 1. The Morgan fingerprint density at radius 2 is 2.25 bits per heavy atom. The van der Waals surface area contributed by atoms with Crippen LogP contribution < -0.4 is 5.32 Å². The van der Waals surface area contributed by atoms with Gasteiger partial charge in [-0.25, -0.2) is 4.79 Å². The van der Waals surface area contributed by atoms with Crippen LogP contribution in [0.25, 0.3) is 6.08 Å². The summed E-state index contributed by atoms with van der Waals surface area (Å²) in [5.41, 5.74) is 2.48. The summed E-state index contributed by atoms with van der Waals surface area (Å²) >= 11 is 2.97. The van der Waals surface area contributed by atoms with Crippen molar-refractivity contribution in [3.63, 3.8) is 0 Å². The number of thiophene rings is 2. The third kappa shape index (κ3) is 3.96. The third-order valence-electron chi connectivity index (χ3n) is 4.92. The Bertz CT molecular complexity index is 952. The van der Waals surface area contributed by atoms with E-state index >= 15 is 0 Å². The molecule has 1 aliphatic carbocycles. The highest BCUT2D eigenvalue weighted by Gasteiger charge is 2.30. The Kier molecular flexibility index (Phi) is 5.46. The molecule has 2 aliphatic rings. The Balaban J connectivity index is 1.43. The molecular weight excluding hydrogens is 394 g/mol. The fourth-order valence-corrected chi connectivity index (χ4v) is 5.17. The van der Waals surface area contributed by atoms with Crippen LogP contribution in [0.5, 0.6) is 0 Å². The van der Waals surface area contributed by atoms with Gasteiger partial charge in [0.1, 0.15) is 17.2 Å². The molecular formula is C20H19N3O3S2. The predicted octanol–water partition coefficient (Wildman–Crippen LogP) is 4.03. The number of amides is 2. The van der Waals surface area contributed by atoms with E-state index in [0.29, 0.717) is 29.8 Å². The SMILES string of the molecule is N#Cc1c(NC(=O)/C=C/c2ccsc2)sc2c1CCC(OC(=O)N1CCC1)C2. The van der Waals surface area contributed by atoms with Gasteiger partial charge in [0.15, 0.2) is 0 Å². The number of nitriles is 1. The number of carbonyl (C=O) groups is 2. The first-order chi connectivity index (χ1) is 13.6. The molecule has 4 rings (SSSR count). The van der Waals surface area contributed by atoms with Crippen molar-refractivity contribution in [2.75, 3.05) is 18.4 Å². The summed E-state index contributed by atoms with van der Waals surface area (Å²) in [5, 5.41) is 16.9. The first-order valence-electron chi connectivity index (χ1n) is 9.15. The standard InChI is InChI=1S/C20H19N3O3S2/c21-11-16-15-4-3-14(26-20(25)23-7-1-8-23)10-17(15)28-19(16)22-18(24)5-2-13-6-9-27-12-13/h2,5-6,9,12,14H,1,3-4,7-8,10H2,(H,22,24)/b5-2+. The summed E-state index contributed by atoms with van der Waals surface area (Å²) in [5.74, 6) is -0.262. The Labute approximate surface area is 171 Å². The lowest BCUT2D eigenvalue weighted by molar-refractivity contribution is -0.111. The molecule has 8 heteroatoms. The van der Waals surface area contributed by atoms with Crippen molar-refractivity contribution in [2.24, 2.45) is 0 Å². The normalized spacial score (nSPS) is 18.2. The molecule has 0 spiro atoms. The maximum Gasteiger partial charge on any atom is 0.410 e. The van der Waals surface area contributed by atoms with Gasteiger partial charge in [0.25, 0.3) is 0 Å². The van der Waals surface area contributed by atoms with Crippen LogP contribution in [0.1, 0.15) is 34.4 Å². The number of likely N-dealkylation sites (tertiary alicyclic amines) is 1. The molecule has 0 aromatic carbocycles. The van der Waals surface area contributed by atoms with Gasteiger partial charge in [0, 0.05) is 30.5 Å². The lowest BCUT2D eigenvalue weighted by Gasteiger charge is -2.32. The average Bonchev–Trinajstić information content (AvgIpc) is 3.25. The van der Waals surface area contributed by atoms with E-state index in [1.54, 1.807) is 22.3 Å². The molecule has 2 aromatic heterocycles. The van der Waals surface area contributed by atoms with Gasteiger partial charge in [-0.1, -0.05) is 0 Å². The van der Waals surface area contributed by atoms with Gasteiger partial charge in [-0.15, -0.1) is 11.3 Å². The minimum absolute atomic E-state index is 0.173. The monoisotopic (exact) mass is 413 g/mol. The number of rotatable bonds is 4. The number of ether oxygens (including phenoxy) is 1. The van der Waals surface area contributed by atoms with Gasteiger partial charge in [-0.05, 0) is 53.3 Å². The van der Waals surface area contributed by atoms with Gasteiger partial charge < -0.3 is 15.0 Å². The zero-order chi connectivity index (χ0) is 19.5. The van der Waals surface area contributed by atoms with Crippen molar-refractivity contribution in [3.05, 3.63) is 44.5 Å². The van der Waals surface area contributed by atoms with Crippen LogP contribution in [0.2, 0.25) is 0 Å². The van der Waals surface area contributed by atoms with Crippen molar-refractivity contribution < 1.29 is 14.3 Å². The topological polar surface area (TPSA) is 82.4 Å². The quantitative estimate of drug-likeness (QED) is 0.767. The molecule has 2 amide bonds. The third-order valence-corrected chi connectivity index (χ3v) is 6.79. The van der Waals surface area contributed by atoms with Crippen LogP contribution in [-0.4, -0.2) is 36.1 Å². The van der Waals surface area contributed by atoms with E-state index in [9.17, 15) is 14.9 Å². The zero-order valence-corrected chi connectivity index (χ0v) is 16.8. The highest BCUT2D eigenvalue weighted by Crippen LogP contribution is 2.38. The van der Waals surface area contributed by atoms with E-state index in [1.807, 2.05) is 16.8 Å². The second-order valence-corrected chi connectivity index (χ2v) is 8.67. The fraction of sp³-hybridized carbons (Fsp3) is 0.350. The molecule has 6 nitrogen and oxygen atoms in total. The molecule has 28 heavy (non-hydrogen) atoms. The van der Waals surface area contributed by atoms with Crippen molar-refractivity contribution in [1.29, 1.82) is 5.26 Å². The summed E-state index contributed by atoms with van der Waals surface area (Å²) in [6, 6.07) is 4.16. The second-order valence-electron chi connectivity index (χ2n) is 6.79. The minimum Gasteiger partial charge on any atom is -0.446 e. The second kappa shape index (κ2) is 8.17. The minimum atomic E-state index is -0.262. The van der Waals surface area contributed by atoms with Gasteiger partial charge >= 0.3 is 6.09 Å². The molecule has 144 valence electrons. The Hall–Kier alpha value is -2.63. The summed E-state index contributed by atoms with van der Waals surface area (Å²) in [6.45, 7) is 1.53. The van der Waals surface area contributed by atoms with E-state index in [4.69, 9.17) is 4.74 Å². The van der Waals surface area contributed by atoms with Crippen molar-refractivity contribution in [1.82, 2.24) is 4.90 Å². The van der Waals surface area contributed by atoms with Crippen LogP contribution in [-0.2, 0) is 22.4 Å². The summed E-state index contributed by atoms with van der Waals surface area (Å²) in [6.07, 6.45) is 5.79. The van der Waals surface area contributed by atoms with E-state index in [1.165, 1.54) is 17.4 Å². The van der Waals surface area contributed by atoms with Gasteiger partial charge in [0.2, 0.25) is 5.91 Å². The van der Waals surface area contributed by atoms with Gasteiger partial charge in [-0.2, -0.15) is 16.6 Å². The van der Waals surface area contributed by atoms with E-state index < -0.39 is 0 Å². The van der Waals surface area contributed by atoms with Crippen LogP contribution in [0.15, 0.2) is 22.9 Å². The molecule has 1 unspecified atom stereocenters. The van der Waals surface area contributed by atoms with Crippen molar-refractivity contribution in [2.45, 2.75) is 31.8 Å². The molecule has 0 bridgehead atoms. The molecule has 1 N–H and O–H groups in total. The fourth-order valence-electron chi connectivity index (χ4n) is 3.27. The molecule has 1 aliphatic heterocycles. The zero-order valence-electron chi connectivity index (χ0n) is 15.1. The summed E-state index contributed by atoms with van der Waals surface area (Å²) in [4.78, 5) is 27.0. The number of nitrogens with zero attached hydrogens (tertiary/aromatic N) is 2. The molecule has 0 radical (unpaired) electrons. The summed E-state index contributed by atoms with van der Waals surface area (Å²) < 4.78 is 5.61. The van der Waals surface area contributed by atoms with E-state index in [0.717, 1.165) is 35.5 Å². The highest BCUT2D eigenvalue weighted by molar-refractivity contribution is 7.16. The number of hydrogen-bond donors (Lipinski definition) is 1. The lowest BCUT2D eigenvalue weighted by Crippen LogP contribution is -2.44. The Morgan fingerprint density at radius 3 is 2.93 bits per heavy atom. The number of anilines is 1. The molecule has 3 heterocycles. The highest BCUT2D eigenvalue weighted by atomic mass is 32.1.